The molecular formula is C21H25N3. The van der Waals surface area contributed by atoms with E-state index in [-0.39, 0.29) is 41.8 Å². The molecule has 0 fully saturated rings. The molecule has 0 unspecified atom stereocenters. The summed E-state index contributed by atoms with van der Waals surface area (Å²) in [5.41, 5.74) is 0.599. The first-order chi connectivity index (χ1) is 16.8. The molecule has 1 aromatic carbocycles. The summed E-state index contributed by atoms with van der Waals surface area (Å²) >= 11 is 0. The third-order valence-electron chi connectivity index (χ3n) is 4.22. The molecule has 0 spiro atoms. The number of hydrogen-bond donors (Lipinski definition) is 0. The molecule has 0 atom stereocenters. The minimum atomic E-state index is -2.74. The molecule has 1 aliphatic heterocycles. The third kappa shape index (κ3) is 2.73. The van der Waals surface area contributed by atoms with Crippen LogP contribution in [0.4, 0.5) is 0 Å². The number of benzene rings is 1. The van der Waals surface area contributed by atoms with Crippen LogP contribution in [0.3, 0.4) is 0 Å². The van der Waals surface area contributed by atoms with Crippen LogP contribution >= 0.6 is 0 Å². The van der Waals surface area contributed by atoms with Crippen LogP contribution in [0.2, 0.25) is 0 Å². The van der Waals surface area contributed by atoms with Crippen LogP contribution in [0, 0.1) is 13.7 Å². The van der Waals surface area contributed by atoms with Crippen molar-refractivity contribution in [3.63, 3.8) is 0 Å². The second kappa shape index (κ2) is 6.06. The van der Waals surface area contributed by atoms with E-state index in [0.717, 1.165) is 12.3 Å². The van der Waals surface area contributed by atoms with E-state index >= 15 is 0 Å². The van der Waals surface area contributed by atoms with Crippen LogP contribution in [0.25, 0.3) is 10.9 Å². The Morgan fingerprint density at radius 3 is 3.04 bits per heavy atom. The molecule has 0 amide bonds. The van der Waals surface area contributed by atoms with Crippen molar-refractivity contribution >= 4 is 10.9 Å². The number of rotatable bonds is 3. The normalized spacial score (nSPS) is 25.8. The van der Waals surface area contributed by atoms with E-state index in [9.17, 15) is 0 Å². The quantitative estimate of drug-likeness (QED) is 0.726. The van der Waals surface area contributed by atoms with Crippen LogP contribution in [0.5, 0.6) is 0 Å². The largest absolute Gasteiger partial charge is 0.344 e. The van der Waals surface area contributed by atoms with Crippen molar-refractivity contribution < 1.29 is 17.8 Å². The molecule has 3 heteroatoms. The van der Waals surface area contributed by atoms with Crippen LogP contribution in [0.1, 0.15) is 45.9 Å². The van der Waals surface area contributed by atoms with Gasteiger partial charge in [-0.05, 0) is 56.4 Å². The van der Waals surface area contributed by atoms with E-state index in [0.29, 0.717) is 16.6 Å². The molecule has 124 valence electrons. The van der Waals surface area contributed by atoms with E-state index in [4.69, 9.17) is 17.8 Å². The summed E-state index contributed by atoms with van der Waals surface area (Å²) in [5.74, 6) is 0. The number of nitrogens with zero attached hydrogens (tertiary/aromatic N) is 3. The molecule has 0 saturated heterocycles. The highest BCUT2D eigenvalue weighted by atomic mass is 15.1. The van der Waals surface area contributed by atoms with Crippen LogP contribution < -0.4 is 0 Å². The Kier molecular flexibility index (Phi) is 1.68. The summed E-state index contributed by atoms with van der Waals surface area (Å²) in [6.45, 7) is -10.1. The first-order valence-electron chi connectivity index (χ1n) is 14.2. The zero-order valence-electron chi connectivity index (χ0n) is 25.9. The molecule has 3 heterocycles. The van der Waals surface area contributed by atoms with Gasteiger partial charge in [-0.25, -0.2) is 0 Å². The van der Waals surface area contributed by atoms with Crippen molar-refractivity contribution in [1.82, 2.24) is 14.5 Å². The van der Waals surface area contributed by atoms with Gasteiger partial charge in [0, 0.05) is 69.6 Å². The maximum absolute atomic E-state index is 8.95. The highest BCUT2D eigenvalue weighted by Gasteiger charge is 2.22. The first-order valence-corrected chi connectivity index (χ1v) is 7.65. The van der Waals surface area contributed by atoms with Crippen molar-refractivity contribution in [3.8, 4) is 0 Å². The molecule has 0 bridgehead atoms. The zero-order valence-corrected chi connectivity index (χ0v) is 12.9. The second-order valence-corrected chi connectivity index (χ2v) is 5.83. The van der Waals surface area contributed by atoms with E-state index in [2.05, 4.69) is 4.98 Å². The maximum atomic E-state index is 8.95. The van der Waals surface area contributed by atoms with E-state index in [1.54, 1.807) is 0 Å². The Morgan fingerprint density at radius 1 is 1.25 bits per heavy atom. The molecular weight excluding hydrogens is 294 g/mol. The molecule has 0 N–H and O–H groups in total. The Hall–Kier alpha value is -2.13. The smallest absolute Gasteiger partial charge is 0.0501 e. The van der Waals surface area contributed by atoms with Gasteiger partial charge in [0.2, 0.25) is 0 Å². The van der Waals surface area contributed by atoms with Crippen molar-refractivity contribution in [2.24, 2.45) is 0 Å². The number of hydrogen-bond acceptors (Lipinski definition) is 2. The Bertz CT molecular complexity index is 1320. The molecule has 0 aliphatic carbocycles. The molecule has 3 nitrogen and oxygen atoms in total. The number of likely N-dealkylation sites (N-methyl/N-ethyl adjacent to an activating group) is 1. The Balaban J connectivity index is 1.92. The van der Waals surface area contributed by atoms with Gasteiger partial charge in [0.25, 0.3) is 0 Å². The van der Waals surface area contributed by atoms with Gasteiger partial charge in [0.1, 0.15) is 0 Å². The standard InChI is InChI=1S/C21H25N3/c1-15-4-7-20-18(12-15)19-14-23(3)10-9-21(19)24(20)11-8-17-6-5-16(2)22-13-17/h4-7,12-13H,8-11,14H2,1-3H3/i1D3,2D3,3D3,8D2,11D2. The van der Waals surface area contributed by atoms with E-state index < -0.39 is 33.5 Å². The minimum absolute atomic E-state index is 0.000942. The Morgan fingerprint density at radius 2 is 2.25 bits per heavy atom. The van der Waals surface area contributed by atoms with Crippen molar-refractivity contribution in [2.75, 3.05) is 13.5 Å². The fourth-order valence-corrected chi connectivity index (χ4v) is 3.07. The van der Waals surface area contributed by atoms with Gasteiger partial charge in [0.15, 0.2) is 0 Å². The summed E-state index contributed by atoms with van der Waals surface area (Å²) < 4.78 is 106. The summed E-state index contributed by atoms with van der Waals surface area (Å²) in [4.78, 5) is 5.07. The van der Waals surface area contributed by atoms with Crippen molar-refractivity contribution in [2.45, 2.75) is 39.5 Å². The lowest BCUT2D eigenvalue weighted by Gasteiger charge is -2.24. The summed E-state index contributed by atoms with van der Waals surface area (Å²) in [7, 11) is 0. The predicted molar refractivity (Wildman–Crippen MR) is 99.4 cm³/mol. The lowest BCUT2D eigenvalue weighted by Crippen LogP contribution is -2.27. The number of fused-ring (bicyclic) bond motifs is 3. The average molecular weight is 333 g/mol. The summed E-state index contributed by atoms with van der Waals surface area (Å²) in [6.07, 6.45) is -1.60. The molecule has 3 aromatic rings. The highest BCUT2D eigenvalue weighted by molar-refractivity contribution is 5.86. The van der Waals surface area contributed by atoms with E-state index in [1.807, 2.05) is 0 Å². The van der Waals surface area contributed by atoms with Gasteiger partial charge in [-0.15, -0.1) is 0 Å². The third-order valence-corrected chi connectivity index (χ3v) is 4.22. The lowest BCUT2D eigenvalue weighted by molar-refractivity contribution is 0.309. The summed E-state index contributed by atoms with van der Waals surface area (Å²) in [5, 5.41) is 0.341. The minimum Gasteiger partial charge on any atom is -0.344 e. The molecule has 24 heavy (non-hydrogen) atoms. The van der Waals surface area contributed by atoms with Crippen LogP contribution in [0.15, 0.2) is 36.5 Å². The molecule has 4 rings (SSSR count). The topological polar surface area (TPSA) is 21.1 Å². The highest BCUT2D eigenvalue weighted by Crippen LogP contribution is 2.31. The van der Waals surface area contributed by atoms with Gasteiger partial charge < -0.3 is 9.47 Å². The van der Waals surface area contributed by atoms with E-state index in [1.165, 1.54) is 33.7 Å². The fourth-order valence-electron chi connectivity index (χ4n) is 3.07. The predicted octanol–water partition coefficient (Wildman–Crippen LogP) is 3.88. The van der Waals surface area contributed by atoms with Gasteiger partial charge >= 0.3 is 0 Å². The number of pyridine rings is 1. The number of aromatic nitrogens is 2. The van der Waals surface area contributed by atoms with Crippen molar-refractivity contribution in [1.29, 1.82) is 0 Å². The van der Waals surface area contributed by atoms with Crippen molar-refractivity contribution in [3.05, 3.63) is 64.6 Å². The second-order valence-electron chi connectivity index (χ2n) is 5.83. The average Bonchev–Trinajstić information content (AvgIpc) is 3.11. The SMILES string of the molecule is [2H]C([2H])([2H])c1ccc2c(c1)c1c(n2C([2H])([2H])C([2H])([2H])c2ccc(C([2H])([2H])[2H])nc2)CCN(C([2H])([2H])[2H])C1. The number of aryl methyl sites for hydroxylation is 4. The fraction of sp³-hybridized carbons (Fsp3) is 0.381. The zero-order chi connectivity index (χ0) is 27.8. The van der Waals surface area contributed by atoms with Crippen LogP contribution in [-0.2, 0) is 25.8 Å². The summed E-state index contributed by atoms with van der Waals surface area (Å²) in [6, 6.07) is 6.46. The molecule has 0 saturated carbocycles. The molecule has 1 aliphatic rings. The first kappa shape index (κ1) is 6.64. The van der Waals surface area contributed by atoms with Gasteiger partial charge in [0.05, 0.1) is 2.74 Å². The maximum Gasteiger partial charge on any atom is 0.0501 e. The van der Waals surface area contributed by atoms with Gasteiger partial charge in [-0.1, -0.05) is 17.7 Å². The molecule has 0 radical (unpaired) electrons. The van der Waals surface area contributed by atoms with Gasteiger partial charge in [-0.3, -0.25) is 4.98 Å². The Labute approximate surface area is 162 Å². The van der Waals surface area contributed by atoms with Gasteiger partial charge in [-0.2, -0.15) is 0 Å². The molecule has 2 aromatic heterocycles. The lowest BCUT2D eigenvalue weighted by atomic mass is 10.0. The monoisotopic (exact) mass is 332 g/mol. The van der Waals surface area contributed by atoms with Crippen LogP contribution in [-0.4, -0.2) is 28.0 Å².